The summed E-state index contributed by atoms with van der Waals surface area (Å²) in [5, 5.41) is 21.6. The van der Waals surface area contributed by atoms with Gasteiger partial charge in [0.1, 0.15) is 11.7 Å². The fraction of sp³-hybridized carbons (Fsp3) is 0.185. The van der Waals surface area contributed by atoms with E-state index in [1.165, 1.54) is 0 Å². The molecule has 0 aliphatic heterocycles. The Kier molecular flexibility index (Phi) is 6.71. The molecule has 5 rings (SSSR count). The zero-order valence-corrected chi connectivity index (χ0v) is 20.4. The molecule has 1 amide bonds. The molecule has 2 aromatic heterocycles. The number of carbonyl (C=O) groups is 1. The first kappa shape index (κ1) is 23.9. The quantitative estimate of drug-likeness (QED) is 0.213. The minimum atomic E-state index is -0.116. The number of nitrogens with two attached hydrogens (primary N) is 1. The van der Waals surface area contributed by atoms with Crippen LogP contribution in [-0.2, 0) is 26.3 Å². The summed E-state index contributed by atoms with van der Waals surface area (Å²) in [4.78, 5) is 20.2. The Labute approximate surface area is 213 Å². The molecule has 0 saturated heterocycles. The number of hydrogen-bond donors (Lipinski definition) is 3. The monoisotopic (exact) mass is 493 g/mol. The number of para-hydroxylation sites is 1. The van der Waals surface area contributed by atoms with Crippen molar-refractivity contribution < 1.29 is 4.79 Å². The van der Waals surface area contributed by atoms with Crippen LogP contribution in [0.3, 0.4) is 0 Å². The number of amidine groups is 1. The molecule has 0 saturated carbocycles. The number of amides is 1. The second-order valence-corrected chi connectivity index (χ2v) is 8.77. The summed E-state index contributed by atoms with van der Waals surface area (Å²) < 4.78 is 2.07. The highest BCUT2D eigenvalue weighted by Crippen LogP contribution is 2.22. The summed E-state index contributed by atoms with van der Waals surface area (Å²) >= 11 is 0. The molecule has 0 spiro atoms. The van der Waals surface area contributed by atoms with Crippen LogP contribution >= 0.6 is 0 Å². The standard InChI is InChI=1S/C27H27N9O/c1-35-23-13-12-20(17-22(23)30-25(35)14-9-18-7-10-19(11-8-18)26(28)29)27(37)36(21-5-3-2-4-6-21)16-15-24-31-33-34-32-24/h2-8,10-13,17H,9,14-16H2,1H3,(H3,28,29)(H,31,32,33,34). The zero-order valence-electron chi connectivity index (χ0n) is 20.4. The van der Waals surface area contributed by atoms with Crippen LogP contribution in [-0.4, -0.2) is 48.5 Å². The average molecular weight is 494 g/mol. The van der Waals surface area contributed by atoms with Gasteiger partial charge in [0.25, 0.3) is 5.91 Å². The van der Waals surface area contributed by atoms with Gasteiger partial charge in [0.2, 0.25) is 0 Å². The molecule has 0 radical (unpaired) electrons. The van der Waals surface area contributed by atoms with E-state index in [0.717, 1.165) is 41.0 Å². The first-order valence-corrected chi connectivity index (χ1v) is 12.0. The van der Waals surface area contributed by atoms with Crippen molar-refractivity contribution in [1.29, 1.82) is 5.41 Å². The van der Waals surface area contributed by atoms with Crippen molar-refractivity contribution in [1.82, 2.24) is 30.2 Å². The summed E-state index contributed by atoms with van der Waals surface area (Å²) in [5.74, 6) is 1.43. The Balaban J connectivity index is 1.36. The molecule has 3 aromatic carbocycles. The first-order valence-electron chi connectivity index (χ1n) is 12.0. The first-order chi connectivity index (χ1) is 18.0. The lowest BCUT2D eigenvalue weighted by Gasteiger charge is -2.22. The maximum atomic E-state index is 13.6. The minimum absolute atomic E-state index is 0.0629. The van der Waals surface area contributed by atoms with E-state index >= 15 is 0 Å². The van der Waals surface area contributed by atoms with Crippen LogP contribution < -0.4 is 10.6 Å². The third kappa shape index (κ3) is 5.22. The molecular weight excluding hydrogens is 466 g/mol. The summed E-state index contributed by atoms with van der Waals surface area (Å²) in [6.07, 6.45) is 2.02. The van der Waals surface area contributed by atoms with Crippen LogP contribution in [0.4, 0.5) is 5.69 Å². The Morgan fingerprint density at radius 2 is 1.76 bits per heavy atom. The number of anilines is 1. The number of benzene rings is 3. The largest absolute Gasteiger partial charge is 0.384 e. The number of fused-ring (bicyclic) bond motifs is 1. The molecule has 2 heterocycles. The predicted molar refractivity (Wildman–Crippen MR) is 142 cm³/mol. The van der Waals surface area contributed by atoms with Crippen molar-refractivity contribution in [2.24, 2.45) is 12.8 Å². The summed E-state index contributed by atoms with van der Waals surface area (Å²) in [6.45, 7) is 0.413. The summed E-state index contributed by atoms with van der Waals surface area (Å²) in [6, 6.07) is 22.9. The van der Waals surface area contributed by atoms with Crippen LogP contribution in [0.25, 0.3) is 11.0 Å². The van der Waals surface area contributed by atoms with Crippen LogP contribution in [0.15, 0.2) is 72.8 Å². The predicted octanol–water partition coefficient (Wildman–Crippen LogP) is 3.05. The third-order valence-electron chi connectivity index (χ3n) is 6.38. The normalized spacial score (nSPS) is 11.1. The fourth-order valence-corrected chi connectivity index (χ4v) is 4.33. The number of aromatic amines is 1. The number of imidazole rings is 1. The van der Waals surface area contributed by atoms with Gasteiger partial charge < -0.3 is 15.2 Å². The van der Waals surface area contributed by atoms with E-state index in [1.54, 1.807) is 4.90 Å². The van der Waals surface area contributed by atoms with E-state index < -0.39 is 0 Å². The Hall–Kier alpha value is -4.86. The number of nitrogens with one attached hydrogen (secondary N) is 2. The van der Waals surface area contributed by atoms with E-state index in [2.05, 4.69) is 25.2 Å². The SMILES string of the molecule is Cn1c(CCc2ccc(C(=N)N)cc2)nc2cc(C(=O)N(CCc3nn[nH]n3)c3ccccc3)ccc21. The number of hydrogen-bond acceptors (Lipinski definition) is 6. The maximum Gasteiger partial charge on any atom is 0.258 e. The van der Waals surface area contributed by atoms with Gasteiger partial charge in [-0.3, -0.25) is 10.2 Å². The van der Waals surface area contributed by atoms with Crippen LogP contribution in [0.2, 0.25) is 0 Å². The third-order valence-corrected chi connectivity index (χ3v) is 6.38. The van der Waals surface area contributed by atoms with Crippen molar-refractivity contribution in [3.63, 3.8) is 0 Å². The van der Waals surface area contributed by atoms with Crippen molar-refractivity contribution in [2.45, 2.75) is 19.3 Å². The second kappa shape index (κ2) is 10.4. The van der Waals surface area contributed by atoms with Crippen LogP contribution in [0, 0.1) is 5.41 Å². The number of carbonyl (C=O) groups excluding carboxylic acids is 1. The molecule has 4 N–H and O–H groups in total. The van der Waals surface area contributed by atoms with E-state index in [4.69, 9.17) is 16.1 Å². The molecular formula is C27H27N9O. The van der Waals surface area contributed by atoms with Crippen LogP contribution in [0.1, 0.15) is 33.1 Å². The Bertz CT molecular complexity index is 1520. The maximum absolute atomic E-state index is 13.6. The van der Waals surface area contributed by atoms with Crippen molar-refractivity contribution in [3.8, 4) is 0 Å². The van der Waals surface area contributed by atoms with Gasteiger partial charge in [-0.15, -0.1) is 10.2 Å². The molecule has 0 bridgehead atoms. The van der Waals surface area contributed by atoms with E-state index in [1.807, 2.05) is 79.8 Å². The van der Waals surface area contributed by atoms with E-state index in [0.29, 0.717) is 29.9 Å². The van der Waals surface area contributed by atoms with Gasteiger partial charge in [-0.05, 0) is 42.3 Å². The van der Waals surface area contributed by atoms with E-state index in [9.17, 15) is 4.79 Å². The summed E-state index contributed by atoms with van der Waals surface area (Å²) in [5.41, 5.74) is 10.5. The van der Waals surface area contributed by atoms with Crippen molar-refractivity contribution >= 4 is 28.5 Å². The molecule has 10 heteroatoms. The number of nitrogens with zero attached hydrogens (tertiary/aromatic N) is 6. The molecule has 0 unspecified atom stereocenters. The molecule has 5 aromatic rings. The molecule has 0 atom stereocenters. The number of aryl methyl sites for hydroxylation is 3. The highest BCUT2D eigenvalue weighted by atomic mass is 16.2. The lowest BCUT2D eigenvalue weighted by Crippen LogP contribution is -2.33. The topological polar surface area (TPSA) is 142 Å². The summed E-state index contributed by atoms with van der Waals surface area (Å²) in [7, 11) is 1.99. The van der Waals surface area contributed by atoms with Gasteiger partial charge in [-0.2, -0.15) is 5.21 Å². The lowest BCUT2D eigenvalue weighted by atomic mass is 10.1. The molecule has 0 fully saturated rings. The highest BCUT2D eigenvalue weighted by molar-refractivity contribution is 6.07. The smallest absolute Gasteiger partial charge is 0.258 e. The number of nitrogen functional groups attached to an aromatic ring is 1. The van der Waals surface area contributed by atoms with Gasteiger partial charge in [0.15, 0.2) is 5.82 Å². The number of rotatable bonds is 9. The molecule has 37 heavy (non-hydrogen) atoms. The van der Waals surface area contributed by atoms with E-state index in [-0.39, 0.29) is 11.7 Å². The van der Waals surface area contributed by atoms with Gasteiger partial charge in [-0.1, -0.05) is 47.7 Å². The molecule has 10 nitrogen and oxygen atoms in total. The fourth-order valence-electron chi connectivity index (χ4n) is 4.33. The average Bonchev–Trinajstić information content (AvgIpc) is 3.56. The lowest BCUT2D eigenvalue weighted by molar-refractivity contribution is 0.0987. The molecule has 0 aliphatic carbocycles. The van der Waals surface area contributed by atoms with Gasteiger partial charge in [-0.25, -0.2) is 4.98 Å². The highest BCUT2D eigenvalue weighted by Gasteiger charge is 2.20. The number of H-pyrrole nitrogens is 1. The number of aromatic nitrogens is 6. The van der Waals surface area contributed by atoms with Gasteiger partial charge >= 0.3 is 0 Å². The minimum Gasteiger partial charge on any atom is -0.384 e. The molecule has 186 valence electrons. The Morgan fingerprint density at radius 3 is 2.46 bits per heavy atom. The van der Waals surface area contributed by atoms with Crippen LogP contribution in [0.5, 0.6) is 0 Å². The van der Waals surface area contributed by atoms with Gasteiger partial charge in [0, 0.05) is 43.2 Å². The van der Waals surface area contributed by atoms with Gasteiger partial charge in [0.05, 0.1) is 11.0 Å². The Morgan fingerprint density at radius 1 is 1.00 bits per heavy atom. The molecule has 0 aliphatic rings. The second-order valence-electron chi connectivity index (χ2n) is 8.77. The van der Waals surface area contributed by atoms with Crippen molar-refractivity contribution in [3.05, 3.63) is 101 Å². The zero-order chi connectivity index (χ0) is 25.8. The number of tetrazole rings is 1. The van der Waals surface area contributed by atoms with Crippen molar-refractivity contribution in [2.75, 3.05) is 11.4 Å².